The van der Waals surface area contributed by atoms with E-state index in [1.807, 2.05) is 49.4 Å². The zero-order chi connectivity index (χ0) is 30.7. The summed E-state index contributed by atoms with van der Waals surface area (Å²) in [5, 5.41) is 0.867. The number of sulfonamides is 1. The fourth-order valence-corrected chi connectivity index (χ4v) is 6.71. The number of halogens is 3. The summed E-state index contributed by atoms with van der Waals surface area (Å²) in [7, 11) is -3.75. The lowest BCUT2D eigenvalue weighted by Gasteiger charge is -2.42. The molecule has 1 saturated carbocycles. The van der Waals surface area contributed by atoms with E-state index in [1.54, 1.807) is 23.1 Å². The van der Waals surface area contributed by atoms with Gasteiger partial charge in [0.2, 0.25) is 15.9 Å². The van der Waals surface area contributed by atoms with Gasteiger partial charge in [0.15, 0.2) is 0 Å². The van der Waals surface area contributed by atoms with Gasteiger partial charge in [-0.15, -0.1) is 0 Å². The van der Waals surface area contributed by atoms with Crippen molar-refractivity contribution >= 4 is 51.1 Å². The zero-order valence-electron chi connectivity index (χ0n) is 23.5. The molecule has 2 aliphatic rings. The van der Waals surface area contributed by atoms with Crippen molar-refractivity contribution in [1.82, 2.24) is 4.90 Å². The van der Waals surface area contributed by atoms with Crippen LogP contribution in [0.5, 0.6) is 0 Å². The van der Waals surface area contributed by atoms with Crippen molar-refractivity contribution in [1.29, 1.82) is 0 Å². The van der Waals surface area contributed by atoms with Crippen molar-refractivity contribution in [3.63, 3.8) is 0 Å². The van der Waals surface area contributed by atoms with E-state index < -0.39 is 27.1 Å². The van der Waals surface area contributed by atoms with Crippen LogP contribution in [0, 0.1) is 5.82 Å². The van der Waals surface area contributed by atoms with Crippen molar-refractivity contribution in [2.45, 2.75) is 50.4 Å². The third-order valence-corrected chi connectivity index (χ3v) is 9.51. The largest absolute Gasteiger partial charge is 0.369 e. The lowest BCUT2D eigenvalue weighted by atomic mass is 10.0. The number of aldehydes is 1. The van der Waals surface area contributed by atoms with Crippen LogP contribution in [-0.4, -0.2) is 56.6 Å². The number of nitrogens with zero attached hydrogens (tertiary/aromatic N) is 2. The molecule has 1 aliphatic carbocycles. The number of anilines is 1. The van der Waals surface area contributed by atoms with Crippen LogP contribution in [0.1, 0.15) is 44.7 Å². The van der Waals surface area contributed by atoms with Crippen LogP contribution in [0.25, 0.3) is 0 Å². The van der Waals surface area contributed by atoms with Gasteiger partial charge < -0.3 is 14.4 Å². The van der Waals surface area contributed by atoms with Gasteiger partial charge in [0.25, 0.3) is 0 Å². The number of carbonyl (C=O) groups is 2. The van der Waals surface area contributed by atoms with E-state index in [-0.39, 0.29) is 30.8 Å². The van der Waals surface area contributed by atoms with Crippen molar-refractivity contribution < 1.29 is 27.1 Å². The molecule has 2 fully saturated rings. The minimum atomic E-state index is -3.75. The zero-order valence-corrected chi connectivity index (χ0v) is 25.9. The summed E-state index contributed by atoms with van der Waals surface area (Å²) in [6.07, 6.45) is 2.38. The molecule has 11 heteroatoms. The number of ether oxygens (including phenoxy) is 1. The summed E-state index contributed by atoms with van der Waals surface area (Å²) in [6.45, 7) is 3.54. The molecule has 2 atom stereocenters. The topological polar surface area (TPSA) is 84.0 Å². The predicted molar refractivity (Wildman–Crippen MR) is 165 cm³/mol. The molecule has 5 rings (SSSR count). The Morgan fingerprint density at radius 1 is 1.00 bits per heavy atom. The molecule has 0 radical (unpaired) electrons. The highest BCUT2D eigenvalue weighted by molar-refractivity contribution is 7.93. The molecule has 1 heterocycles. The molecule has 1 saturated heterocycles. The highest BCUT2D eigenvalue weighted by Crippen LogP contribution is 2.36. The third-order valence-electron chi connectivity index (χ3n) is 6.73. The smallest absolute Gasteiger partial charge is 0.249 e. The second kappa shape index (κ2) is 16.0. The first-order chi connectivity index (χ1) is 20.1. The number of morpholine rings is 1. The number of hydrogen-bond acceptors (Lipinski definition) is 5. The lowest BCUT2D eigenvalue weighted by Crippen LogP contribution is -2.54. The maximum atomic E-state index is 14.7. The number of hydrogen-bond donors (Lipinski definition) is 0. The maximum absolute atomic E-state index is 14.7. The summed E-state index contributed by atoms with van der Waals surface area (Å²) in [6, 6.07) is 21.6. The first-order valence-corrected chi connectivity index (χ1v) is 15.9. The van der Waals surface area contributed by atoms with Gasteiger partial charge >= 0.3 is 0 Å². The minimum Gasteiger partial charge on any atom is -0.369 e. The van der Waals surface area contributed by atoms with Gasteiger partial charge in [-0.2, -0.15) is 0 Å². The summed E-state index contributed by atoms with van der Waals surface area (Å²) >= 11 is 11.6. The molecule has 1 amide bonds. The van der Waals surface area contributed by atoms with Gasteiger partial charge in [-0.3, -0.25) is 9.10 Å². The normalized spacial score (nSPS) is 17.2. The molecular weight excluding hydrogens is 602 g/mol. The van der Waals surface area contributed by atoms with E-state index in [4.69, 9.17) is 32.7 Å². The molecule has 1 aliphatic heterocycles. The highest BCUT2D eigenvalue weighted by atomic mass is 35.5. The second-order valence-corrected chi connectivity index (χ2v) is 12.7. The van der Waals surface area contributed by atoms with Gasteiger partial charge in [-0.05, 0) is 68.1 Å². The Bertz CT molecular complexity index is 1410. The average Bonchev–Trinajstić information content (AvgIpc) is 3.83. The molecule has 42 heavy (non-hydrogen) atoms. The first-order valence-electron chi connectivity index (χ1n) is 13.6. The molecule has 0 N–H and O–H groups in total. The highest BCUT2D eigenvalue weighted by Gasteiger charge is 2.43. The molecule has 7 nitrogen and oxygen atoms in total. The predicted octanol–water partition coefficient (Wildman–Crippen LogP) is 6.70. The van der Waals surface area contributed by atoms with E-state index in [0.717, 1.165) is 21.2 Å². The number of rotatable bonds is 8. The van der Waals surface area contributed by atoms with Crippen molar-refractivity contribution in [3.8, 4) is 0 Å². The molecule has 0 spiro atoms. The Balaban J connectivity index is 0.000000413. The van der Waals surface area contributed by atoms with Gasteiger partial charge in [-0.1, -0.05) is 72.6 Å². The second-order valence-electron chi connectivity index (χ2n) is 9.70. The Labute approximate surface area is 257 Å². The Morgan fingerprint density at radius 3 is 2.10 bits per heavy atom. The summed E-state index contributed by atoms with van der Waals surface area (Å²) < 4.78 is 47.9. The molecule has 0 aromatic heterocycles. The van der Waals surface area contributed by atoms with Crippen molar-refractivity contribution in [2.75, 3.05) is 24.1 Å². The SMILES string of the molecule is CC=O.CC[C@@H](CN(c1ccccc1F)S(=O)(=O)C1CC1)N1C(=O)COC[C@H]1c1ccc(Cl)cc1.Clc1ccccc1. The molecule has 0 bridgehead atoms. The van der Waals surface area contributed by atoms with Crippen LogP contribution in [0.4, 0.5) is 10.1 Å². The van der Waals surface area contributed by atoms with Gasteiger partial charge in [0.05, 0.1) is 36.2 Å². The van der Waals surface area contributed by atoms with Crippen LogP contribution >= 0.6 is 23.2 Å². The number of carbonyl (C=O) groups excluding carboxylic acids is 2. The average molecular weight is 638 g/mol. The maximum Gasteiger partial charge on any atom is 0.249 e. The number of para-hydroxylation sites is 1. The van der Waals surface area contributed by atoms with Gasteiger partial charge in [-0.25, -0.2) is 12.8 Å². The summed E-state index contributed by atoms with van der Waals surface area (Å²) in [5.74, 6) is -0.825. The van der Waals surface area contributed by atoms with E-state index in [1.165, 1.54) is 25.1 Å². The first kappa shape index (κ1) is 33.5. The molecule has 3 aromatic rings. The van der Waals surface area contributed by atoms with Crippen molar-refractivity contribution in [2.24, 2.45) is 0 Å². The summed E-state index contributed by atoms with van der Waals surface area (Å²) in [4.78, 5) is 23.5. The van der Waals surface area contributed by atoms with E-state index in [2.05, 4.69) is 0 Å². The van der Waals surface area contributed by atoms with E-state index >= 15 is 0 Å². The molecule has 0 unspecified atom stereocenters. The molecule has 3 aromatic carbocycles. The fraction of sp³-hybridized carbons (Fsp3) is 0.355. The molecule has 226 valence electrons. The fourth-order valence-electron chi connectivity index (χ4n) is 4.55. The number of amides is 1. The van der Waals surface area contributed by atoms with Crippen LogP contribution in [0.2, 0.25) is 10.0 Å². The quantitative estimate of drug-likeness (QED) is 0.257. The monoisotopic (exact) mass is 636 g/mol. The van der Waals surface area contributed by atoms with Gasteiger partial charge in [0, 0.05) is 10.0 Å². The third kappa shape index (κ3) is 9.01. The van der Waals surface area contributed by atoms with Gasteiger partial charge in [0.1, 0.15) is 18.7 Å². The van der Waals surface area contributed by atoms with E-state index in [0.29, 0.717) is 30.9 Å². The Morgan fingerprint density at radius 2 is 1.57 bits per heavy atom. The van der Waals surface area contributed by atoms with E-state index in [9.17, 15) is 17.6 Å². The van der Waals surface area contributed by atoms with Crippen molar-refractivity contribution in [3.05, 3.63) is 100 Å². The standard InChI is InChI=1S/C23H26ClFN2O4S.C6H5Cl.C2H4O/c1-2-18(27-22(14-31-15-23(27)28)16-7-9-17(24)10-8-16)13-26(32(29,30)19-11-12-19)21-6-4-3-5-20(21)25;7-6-4-2-1-3-5-6;1-2-3/h3-10,18-19,22H,2,11-15H2,1H3;1-5H;2H,1H3/t18-,22-;;/m0../s1. The Hall–Kier alpha value is -2.98. The minimum absolute atomic E-state index is 0.0154. The lowest BCUT2D eigenvalue weighted by molar-refractivity contribution is -0.152. The molecular formula is C31H35Cl2FN2O5S. The van der Waals surface area contributed by atoms with Crippen LogP contribution in [0.15, 0.2) is 78.9 Å². The summed E-state index contributed by atoms with van der Waals surface area (Å²) in [5.41, 5.74) is 0.866. The van der Waals surface area contributed by atoms with Crippen LogP contribution < -0.4 is 4.31 Å². The number of benzene rings is 3. The Kier molecular flexibility index (Phi) is 12.8. The van der Waals surface area contributed by atoms with Crippen LogP contribution in [0.3, 0.4) is 0 Å². The van der Waals surface area contributed by atoms with Crippen LogP contribution in [-0.2, 0) is 24.3 Å².